The van der Waals surface area contributed by atoms with E-state index in [9.17, 15) is 43.5 Å². The Morgan fingerprint density at radius 1 is 0.293 bits per heavy atom. The number of esters is 3. The molecule has 0 saturated carbocycles. The van der Waals surface area contributed by atoms with Gasteiger partial charge in [0.25, 0.3) is 0 Å². The van der Waals surface area contributed by atoms with Gasteiger partial charge in [-0.1, -0.05) is 302 Å². The van der Waals surface area contributed by atoms with E-state index in [1.54, 1.807) is 0 Å². The lowest BCUT2D eigenvalue weighted by atomic mass is 10.0. The van der Waals surface area contributed by atoms with Crippen LogP contribution in [0.3, 0.4) is 0 Å². The number of aliphatic hydroxyl groups excluding tert-OH is 2. The zero-order chi connectivity index (χ0) is 72.3. The summed E-state index contributed by atoms with van der Waals surface area (Å²) in [7, 11) is -9.80. The van der Waals surface area contributed by atoms with E-state index in [2.05, 4.69) is 154 Å². The van der Waals surface area contributed by atoms with Gasteiger partial charge in [0.1, 0.15) is 25.4 Å². The molecule has 16 nitrogen and oxygen atoms in total. The fraction of sp³-hybridized carbons (Fsp3) is 0.691. The topological polar surface area (TPSA) is 231 Å². The SMILES string of the molecule is CC/C=C\C/C=C\C/C=C\C/C=C\C/C=C\C/C=C\CCCCC(=O)OCC(COP(=O)(O)OCC(O)COP(=O)(O)OCC(O)COC(=O)CCCCCCCCCCCCCCC/C=C\C/C=C\C/C=C\C/C=C\C/C=C\CC)OC(=O)CCCCCCCCCCCCCCC. The number of allylic oxidation sites excluding steroid dienone is 22. The highest BCUT2D eigenvalue weighted by Gasteiger charge is 2.29. The fourth-order valence-electron chi connectivity index (χ4n) is 10.1. The fourth-order valence-corrected chi connectivity index (χ4v) is 11.7. The van der Waals surface area contributed by atoms with Crippen LogP contribution in [-0.2, 0) is 55.8 Å². The molecular weight excluding hydrogens is 1290 g/mol. The van der Waals surface area contributed by atoms with Gasteiger partial charge in [0.15, 0.2) is 6.10 Å². The first kappa shape index (κ1) is 94.7. The van der Waals surface area contributed by atoms with E-state index in [4.69, 9.17) is 32.3 Å². The number of aliphatic hydroxyl groups is 2. The minimum atomic E-state index is -4.94. The molecule has 18 heteroatoms. The Morgan fingerprint density at radius 3 is 0.869 bits per heavy atom. The van der Waals surface area contributed by atoms with Gasteiger partial charge in [0.2, 0.25) is 0 Å². The number of ether oxygens (including phenoxy) is 3. The minimum absolute atomic E-state index is 0.0951. The van der Waals surface area contributed by atoms with Crippen molar-refractivity contribution in [3.63, 3.8) is 0 Å². The van der Waals surface area contributed by atoms with Crippen molar-refractivity contribution < 1.29 is 75.8 Å². The van der Waals surface area contributed by atoms with Crippen LogP contribution in [0.5, 0.6) is 0 Å². The smallest absolute Gasteiger partial charge is 0.463 e. The van der Waals surface area contributed by atoms with Gasteiger partial charge in [0.05, 0.1) is 26.4 Å². The molecule has 0 aromatic rings. The number of carbonyl (C=O) groups excluding carboxylic acids is 3. The van der Waals surface area contributed by atoms with Gasteiger partial charge < -0.3 is 34.2 Å². The predicted octanol–water partition coefficient (Wildman–Crippen LogP) is 22.3. The molecule has 0 fully saturated rings. The molecule has 0 radical (unpaired) electrons. The summed E-state index contributed by atoms with van der Waals surface area (Å²) >= 11 is 0. The number of unbranched alkanes of at least 4 members (excludes halogenated alkanes) is 27. The van der Waals surface area contributed by atoms with E-state index >= 15 is 0 Å². The number of phosphoric ester groups is 2. The maximum atomic E-state index is 12.9. The van der Waals surface area contributed by atoms with Crippen LogP contribution in [-0.4, -0.2) is 95.9 Å². The molecule has 568 valence electrons. The molecule has 4 N–H and O–H groups in total. The van der Waals surface area contributed by atoms with Crippen LogP contribution in [0.1, 0.15) is 303 Å². The largest absolute Gasteiger partial charge is 0.472 e. The molecule has 0 bridgehead atoms. The number of phosphoric acid groups is 2. The van der Waals surface area contributed by atoms with Crippen molar-refractivity contribution >= 4 is 33.6 Å². The highest BCUT2D eigenvalue weighted by Crippen LogP contribution is 2.45. The first-order valence-electron chi connectivity index (χ1n) is 38.5. The molecule has 0 rings (SSSR count). The number of rotatable bonds is 72. The molecule has 5 atom stereocenters. The summed E-state index contributed by atoms with van der Waals surface area (Å²) < 4.78 is 61.0. The van der Waals surface area contributed by atoms with Crippen LogP contribution < -0.4 is 0 Å². The maximum Gasteiger partial charge on any atom is 0.472 e. The van der Waals surface area contributed by atoms with Crippen LogP contribution in [0.25, 0.3) is 0 Å². The summed E-state index contributed by atoms with van der Waals surface area (Å²) in [5, 5.41) is 20.6. The number of hydrogen-bond donors (Lipinski definition) is 4. The molecule has 0 aromatic carbocycles. The molecule has 0 aliphatic rings. The van der Waals surface area contributed by atoms with Gasteiger partial charge in [0, 0.05) is 19.3 Å². The molecule has 0 aromatic heterocycles. The van der Waals surface area contributed by atoms with Crippen LogP contribution in [0.2, 0.25) is 0 Å². The van der Waals surface area contributed by atoms with Crippen molar-refractivity contribution in [2.45, 2.75) is 322 Å². The zero-order valence-electron chi connectivity index (χ0n) is 61.9. The third-order valence-corrected chi connectivity index (χ3v) is 17.8. The van der Waals surface area contributed by atoms with Gasteiger partial charge >= 0.3 is 33.6 Å². The van der Waals surface area contributed by atoms with Crippen molar-refractivity contribution in [1.82, 2.24) is 0 Å². The summed E-state index contributed by atoms with van der Waals surface area (Å²) in [6, 6.07) is 0. The standard InChI is InChI=1S/C81H138O16P2/c1-4-7-10-13-16-19-22-25-27-29-31-33-34-35-36-37-38-39-40-42-44-45-47-50-52-55-58-61-64-67-79(84)91-70-76(82)71-93-98(87,88)94-72-77(83)73-95-99(89,90)96-75-78(97-81(86)69-66-63-60-57-54-49-24-21-18-15-12-9-6-3)74-92-80(85)68-65-62-59-56-53-51-48-46-43-41-32-30-28-26-23-20-17-14-11-8-5-2/h7-8,10-11,16-17,19-20,25-28,31-33,35-36,41,46,48,53,56,76-78,82-83H,4-6,9,12-15,18,21-24,29-30,34,37-40,42-45,47,49-52,54-55,57-75H2,1-3H3,(H,87,88)(H,89,90)/b10-7-,11-8-,19-16-,20-17-,27-25-,28-26-,33-31-,36-35-,41-32-,48-46-,56-53-. The lowest BCUT2D eigenvalue weighted by Crippen LogP contribution is -2.30. The first-order chi connectivity index (χ1) is 48.2. The summed E-state index contributed by atoms with van der Waals surface area (Å²) in [5.74, 6) is -1.62. The Bertz CT molecular complexity index is 2330. The Labute approximate surface area is 601 Å². The maximum absolute atomic E-state index is 12.9. The summed E-state index contributed by atoms with van der Waals surface area (Å²) in [4.78, 5) is 58.5. The van der Waals surface area contributed by atoms with Gasteiger partial charge in [-0.2, -0.15) is 0 Å². The van der Waals surface area contributed by atoms with Crippen LogP contribution in [0.4, 0.5) is 0 Å². The Morgan fingerprint density at radius 2 is 0.535 bits per heavy atom. The Balaban J connectivity index is 4.53. The van der Waals surface area contributed by atoms with E-state index in [0.717, 1.165) is 135 Å². The molecule has 99 heavy (non-hydrogen) atoms. The summed E-state index contributed by atoms with van der Waals surface area (Å²) in [6.45, 7) is 2.41. The lowest BCUT2D eigenvalue weighted by molar-refractivity contribution is -0.161. The van der Waals surface area contributed by atoms with E-state index in [1.165, 1.54) is 109 Å². The lowest BCUT2D eigenvalue weighted by Gasteiger charge is -2.21. The molecule has 0 saturated heterocycles. The highest BCUT2D eigenvalue weighted by molar-refractivity contribution is 7.47. The van der Waals surface area contributed by atoms with E-state index in [1.807, 2.05) is 0 Å². The molecule has 5 unspecified atom stereocenters. The van der Waals surface area contributed by atoms with Crippen molar-refractivity contribution in [3.05, 3.63) is 134 Å². The van der Waals surface area contributed by atoms with Gasteiger partial charge in [-0.15, -0.1) is 0 Å². The predicted molar refractivity (Wildman–Crippen MR) is 408 cm³/mol. The zero-order valence-corrected chi connectivity index (χ0v) is 63.7. The second kappa shape index (κ2) is 73.4. The van der Waals surface area contributed by atoms with Crippen LogP contribution >= 0.6 is 15.6 Å². The molecule has 0 amide bonds. The molecule has 0 aliphatic carbocycles. The Hall–Kier alpha value is -4.31. The second-order valence-electron chi connectivity index (χ2n) is 25.4. The monoisotopic (exact) mass is 1430 g/mol. The highest BCUT2D eigenvalue weighted by atomic mass is 31.2. The van der Waals surface area contributed by atoms with Crippen molar-refractivity contribution in [2.75, 3.05) is 39.6 Å². The number of carbonyl (C=O) groups is 3. The molecule has 0 heterocycles. The Kier molecular flexibility index (Phi) is 70.2. The molecule has 0 spiro atoms. The van der Waals surface area contributed by atoms with E-state index in [0.29, 0.717) is 19.3 Å². The van der Waals surface area contributed by atoms with Crippen molar-refractivity contribution in [3.8, 4) is 0 Å². The van der Waals surface area contributed by atoms with Gasteiger partial charge in [-0.05, 0) is 116 Å². The third-order valence-electron chi connectivity index (χ3n) is 15.9. The van der Waals surface area contributed by atoms with Crippen LogP contribution in [0, 0.1) is 0 Å². The average molecular weight is 1430 g/mol. The quantitative estimate of drug-likeness (QED) is 0.0146. The van der Waals surface area contributed by atoms with E-state index in [-0.39, 0.29) is 19.3 Å². The molecule has 0 aliphatic heterocycles. The van der Waals surface area contributed by atoms with Crippen molar-refractivity contribution in [2.24, 2.45) is 0 Å². The second-order valence-corrected chi connectivity index (χ2v) is 28.3. The van der Waals surface area contributed by atoms with Crippen molar-refractivity contribution in [1.29, 1.82) is 0 Å². The third kappa shape index (κ3) is 74.7. The minimum Gasteiger partial charge on any atom is -0.463 e. The van der Waals surface area contributed by atoms with Gasteiger partial charge in [-0.3, -0.25) is 32.5 Å². The number of hydrogen-bond acceptors (Lipinski definition) is 14. The summed E-state index contributed by atoms with van der Waals surface area (Å²) in [6.07, 6.45) is 88.0. The first-order valence-corrected chi connectivity index (χ1v) is 41.5. The van der Waals surface area contributed by atoms with Crippen LogP contribution in [0.15, 0.2) is 134 Å². The van der Waals surface area contributed by atoms with E-state index < -0.39 is 91.5 Å². The normalized spacial score (nSPS) is 14.8. The average Bonchev–Trinajstić information content (AvgIpc) is 1.05. The summed E-state index contributed by atoms with van der Waals surface area (Å²) in [5.41, 5.74) is 0. The molecular formula is C81H138O16P2. The van der Waals surface area contributed by atoms with Gasteiger partial charge in [-0.25, -0.2) is 9.13 Å².